The minimum atomic E-state index is -3.49. The Labute approximate surface area is 119 Å². The van der Waals surface area contributed by atoms with E-state index in [-0.39, 0.29) is 10.3 Å². The van der Waals surface area contributed by atoms with Gasteiger partial charge >= 0.3 is 0 Å². The van der Waals surface area contributed by atoms with E-state index in [1.54, 1.807) is 6.07 Å². The van der Waals surface area contributed by atoms with E-state index in [1.807, 2.05) is 0 Å². The van der Waals surface area contributed by atoms with Crippen LogP contribution in [-0.4, -0.2) is 22.1 Å². The smallest absolute Gasteiger partial charge is 0.240 e. The van der Waals surface area contributed by atoms with Gasteiger partial charge in [-0.05, 0) is 49.1 Å². The zero-order valence-corrected chi connectivity index (χ0v) is 12.4. The highest BCUT2D eigenvalue weighted by Crippen LogP contribution is 2.60. The van der Waals surface area contributed by atoms with Gasteiger partial charge in [0.2, 0.25) is 10.0 Å². The number of sulfonamides is 1. The molecule has 0 unspecified atom stereocenters. The molecule has 2 aliphatic carbocycles. The van der Waals surface area contributed by atoms with Crippen molar-refractivity contribution in [2.24, 2.45) is 11.3 Å². The van der Waals surface area contributed by atoms with E-state index in [2.05, 4.69) is 4.72 Å². The number of anilines is 1. The third-order valence-electron chi connectivity index (χ3n) is 4.47. The first-order chi connectivity index (χ1) is 9.47. The maximum Gasteiger partial charge on any atom is 0.240 e. The van der Waals surface area contributed by atoms with E-state index in [0.717, 1.165) is 18.8 Å². The van der Waals surface area contributed by atoms with Crippen LogP contribution in [0.25, 0.3) is 0 Å². The van der Waals surface area contributed by atoms with Crippen molar-refractivity contribution >= 4 is 15.7 Å². The van der Waals surface area contributed by atoms with Gasteiger partial charge < -0.3 is 10.5 Å². The molecule has 1 aromatic rings. The molecule has 5 nitrogen and oxygen atoms in total. The highest BCUT2D eigenvalue weighted by Gasteiger charge is 2.53. The lowest BCUT2D eigenvalue weighted by Gasteiger charge is -2.15. The fourth-order valence-electron chi connectivity index (χ4n) is 2.77. The number of rotatable bonds is 6. The number of hydrogen-bond acceptors (Lipinski definition) is 4. The first kappa shape index (κ1) is 13.7. The molecule has 2 saturated carbocycles. The number of methoxy groups -OCH3 is 1. The van der Waals surface area contributed by atoms with Gasteiger partial charge in [0.25, 0.3) is 0 Å². The maximum atomic E-state index is 12.3. The normalized spacial score (nSPS) is 20.6. The number of nitrogens with two attached hydrogens (primary N) is 1. The van der Waals surface area contributed by atoms with Crippen molar-refractivity contribution in [3.63, 3.8) is 0 Å². The SMILES string of the molecule is COc1cc(S(=O)(=O)NCC2(C3CC3)CC2)ccc1N. The van der Waals surface area contributed by atoms with Crippen LogP contribution in [0.15, 0.2) is 23.1 Å². The van der Waals surface area contributed by atoms with Crippen LogP contribution in [0, 0.1) is 11.3 Å². The Kier molecular flexibility index (Phi) is 3.17. The van der Waals surface area contributed by atoms with Crippen molar-refractivity contribution in [3.8, 4) is 5.75 Å². The molecular weight excluding hydrogens is 276 g/mol. The second-order valence-electron chi connectivity index (χ2n) is 5.86. The third kappa shape index (κ3) is 2.50. The summed E-state index contributed by atoms with van der Waals surface area (Å²) in [6, 6.07) is 4.53. The fourth-order valence-corrected chi connectivity index (χ4v) is 3.92. The van der Waals surface area contributed by atoms with Gasteiger partial charge in [-0.3, -0.25) is 0 Å². The van der Waals surface area contributed by atoms with Crippen molar-refractivity contribution in [2.45, 2.75) is 30.6 Å². The van der Waals surface area contributed by atoms with Crippen LogP contribution in [0.2, 0.25) is 0 Å². The van der Waals surface area contributed by atoms with Gasteiger partial charge in [-0.25, -0.2) is 13.1 Å². The van der Waals surface area contributed by atoms with Crippen LogP contribution in [0.1, 0.15) is 25.7 Å². The molecule has 2 aliphatic rings. The Bertz CT molecular complexity index is 619. The molecule has 0 radical (unpaired) electrons. The monoisotopic (exact) mass is 296 g/mol. The Morgan fingerprint density at radius 2 is 2.10 bits per heavy atom. The molecule has 0 spiro atoms. The second kappa shape index (κ2) is 4.63. The lowest BCUT2D eigenvalue weighted by atomic mass is 10.0. The van der Waals surface area contributed by atoms with E-state index >= 15 is 0 Å². The number of hydrogen-bond donors (Lipinski definition) is 2. The van der Waals surface area contributed by atoms with Crippen LogP contribution in [0.4, 0.5) is 5.69 Å². The standard InChI is InChI=1S/C14H20N2O3S/c1-19-13-8-11(4-5-12(13)15)20(17,18)16-9-14(6-7-14)10-2-3-10/h4-5,8,10,16H,2-3,6-7,9,15H2,1H3. The molecule has 0 saturated heterocycles. The number of nitrogen functional groups attached to an aromatic ring is 1. The molecule has 0 atom stereocenters. The van der Waals surface area contributed by atoms with Crippen molar-refractivity contribution in [1.29, 1.82) is 0 Å². The molecular formula is C14H20N2O3S. The highest BCUT2D eigenvalue weighted by molar-refractivity contribution is 7.89. The predicted molar refractivity (Wildman–Crippen MR) is 77.0 cm³/mol. The van der Waals surface area contributed by atoms with Crippen molar-refractivity contribution < 1.29 is 13.2 Å². The van der Waals surface area contributed by atoms with Crippen LogP contribution >= 0.6 is 0 Å². The molecule has 6 heteroatoms. The van der Waals surface area contributed by atoms with E-state index in [4.69, 9.17) is 10.5 Å². The molecule has 0 heterocycles. The Morgan fingerprint density at radius 3 is 2.65 bits per heavy atom. The highest BCUT2D eigenvalue weighted by atomic mass is 32.2. The summed E-state index contributed by atoms with van der Waals surface area (Å²) < 4.78 is 32.5. The Balaban J connectivity index is 1.74. The molecule has 0 amide bonds. The summed E-state index contributed by atoms with van der Waals surface area (Å²) in [6.45, 7) is 0.548. The summed E-state index contributed by atoms with van der Waals surface area (Å²) in [5.74, 6) is 1.11. The summed E-state index contributed by atoms with van der Waals surface area (Å²) in [7, 11) is -2.02. The van der Waals surface area contributed by atoms with Gasteiger partial charge in [-0.15, -0.1) is 0 Å². The average molecular weight is 296 g/mol. The van der Waals surface area contributed by atoms with Crippen LogP contribution in [-0.2, 0) is 10.0 Å². The molecule has 110 valence electrons. The minimum absolute atomic E-state index is 0.204. The van der Waals surface area contributed by atoms with E-state index in [9.17, 15) is 8.42 Å². The number of ether oxygens (including phenoxy) is 1. The molecule has 20 heavy (non-hydrogen) atoms. The van der Waals surface area contributed by atoms with Gasteiger partial charge in [0.1, 0.15) is 5.75 Å². The summed E-state index contributed by atoms with van der Waals surface area (Å²) in [5, 5.41) is 0. The van der Waals surface area contributed by atoms with Crippen LogP contribution < -0.4 is 15.2 Å². The first-order valence-corrected chi connectivity index (χ1v) is 8.38. The topological polar surface area (TPSA) is 81.4 Å². The van der Waals surface area contributed by atoms with Gasteiger partial charge in [-0.1, -0.05) is 0 Å². The third-order valence-corrected chi connectivity index (χ3v) is 5.86. The molecule has 3 N–H and O–H groups in total. The quantitative estimate of drug-likeness (QED) is 0.784. The van der Waals surface area contributed by atoms with E-state index in [1.165, 1.54) is 32.1 Å². The van der Waals surface area contributed by atoms with Gasteiger partial charge in [0, 0.05) is 12.6 Å². The lowest BCUT2D eigenvalue weighted by Crippen LogP contribution is -2.31. The second-order valence-corrected chi connectivity index (χ2v) is 7.63. The number of benzene rings is 1. The zero-order valence-electron chi connectivity index (χ0n) is 11.6. The molecule has 3 rings (SSSR count). The molecule has 2 fully saturated rings. The summed E-state index contributed by atoms with van der Waals surface area (Å²) in [4.78, 5) is 0.204. The summed E-state index contributed by atoms with van der Waals surface area (Å²) >= 11 is 0. The summed E-state index contributed by atoms with van der Waals surface area (Å²) in [5.41, 5.74) is 6.38. The summed E-state index contributed by atoms with van der Waals surface area (Å²) in [6.07, 6.45) is 4.78. The Morgan fingerprint density at radius 1 is 1.40 bits per heavy atom. The first-order valence-electron chi connectivity index (χ1n) is 6.90. The van der Waals surface area contributed by atoms with Gasteiger partial charge in [0.05, 0.1) is 17.7 Å². The van der Waals surface area contributed by atoms with E-state index < -0.39 is 10.0 Å². The molecule has 0 aromatic heterocycles. The van der Waals surface area contributed by atoms with Crippen molar-refractivity contribution in [1.82, 2.24) is 4.72 Å². The minimum Gasteiger partial charge on any atom is -0.495 e. The number of nitrogens with one attached hydrogen (secondary N) is 1. The van der Waals surface area contributed by atoms with Crippen LogP contribution in [0.3, 0.4) is 0 Å². The largest absolute Gasteiger partial charge is 0.495 e. The molecule has 1 aromatic carbocycles. The predicted octanol–water partition coefficient (Wildman–Crippen LogP) is 1.75. The van der Waals surface area contributed by atoms with Crippen molar-refractivity contribution in [2.75, 3.05) is 19.4 Å². The van der Waals surface area contributed by atoms with Gasteiger partial charge in [0.15, 0.2) is 0 Å². The maximum absolute atomic E-state index is 12.3. The average Bonchev–Trinajstić information content (AvgIpc) is 3.28. The zero-order chi connectivity index (χ0) is 14.4. The van der Waals surface area contributed by atoms with Gasteiger partial charge in [-0.2, -0.15) is 0 Å². The molecule has 0 bridgehead atoms. The fraction of sp³-hybridized carbons (Fsp3) is 0.571. The van der Waals surface area contributed by atoms with E-state index in [0.29, 0.717) is 18.0 Å². The molecule has 0 aliphatic heterocycles. The lowest BCUT2D eigenvalue weighted by molar-refractivity contribution is 0.415. The van der Waals surface area contributed by atoms with Crippen molar-refractivity contribution in [3.05, 3.63) is 18.2 Å². The van der Waals surface area contributed by atoms with Crippen LogP contribution in [0.5, 0.6) is 5.75 Å². The Hall–Kier alpha value is -1.27.